The molecule has 1 aliphatic rings. The number of ether oxygens (including phenoxy) is 2. The van der Waals surface area contributed by atoms with Crippen LogP contribution in [0.2, 0.25) is 0 Å². The molecule has 0 saturated heterocycles. The SMILES string of the molecule is CCOC(=O)C1(c2ccc(-c3ccc(-c4onc(C)c4C(O)COCc4cccc(C(F)(F)F)c4)cc3)cc2)CC1. The van der Waals surface area contributed by atoms with Gasteiger partial charge in [0.25, 0.3) is 0 Å². The summed E-state index contributed by atoms with van der Waals surface area (Å²) in [5, 5.41) is 14.9. The molecule has 214 valence electrons. The number of benzene rings is 3. The van der Waals surface area contributed by atoms with E-state index in [0.29, 0.717) is 34.8 Å². The average Bonchev–Trinajstić information content (AvgIpc) is 3.69. The van der Waals surface area contributed by atoms with E-state index in [0.717, 1.165) is 41.7 Å². The molecule has 1 atom stereocenters. The molecule has 0 radical (unpaired) electrons. The third kappa shape index (κ3) is 6.06. The number of hydrogen-bond donors (Lipinski definition) is 1. The topological polar surface area (TPSA) is 81.8 Å². The van der Waals surface area contributed by atoms with Gasteiger partial charge in [0.05, 0.1) is 42.1 Å². The van der Waals surface area contributed by atoms with Crippen LogP contribution in [-0.4, -0.2) is 29.4 Å². The standard InChI is InChI=1S/C32H30F3NO5/c1-3-40-30(38)31(15-16-31)25-13-11-23(12-14-25)22-7-9-24(10-8-22)29-28(20(2)36-41-29)27(37)19-39-18-21-5-4-6-26(17-21)32(33,34)35/h4-14,17,27,37H,3,15-16,18-19H2,1-2H3. The van der Waals surface area contributed by atoms with E-state index in [1.165, 1.54) is 12.1 Å². The normalized spacial score (nSPS) is 15.0. The number of aryl methyl sites for hydroxylation is 1. The van der Waals surface area contributed by atoms with Gasteiger partial charge in [-0.1, -0.05) is 65.8 Å². The van der Waals surface area contributed by atoms with Crippen molar-refractivity contribution in [2.75, 3.05) is 13.2 Å². The number of aliphatic hydroxyl groups is 1. The second kappa shape index (κ2) is 11.5. The van der Waals surface area contributed by atoms with Gasteiger partial charge in [-0.15, -0.1) is 0 Å². The first-order valence-corrected chi connectivity index (χ1v) is 13.4. The number of halogens is 3. The lowest BCUT2D eigenvalue weighted by atomic mass is 9.93. The van der Waals surface area contributed by atoms with Gasteiger partial charge in [0.2, 0.25) is 0 Å². The minimum atomic E-state index is -4.44. The van der Waals surface area contributed by atoms with Gasteiger partial charge in [0.1, 0.15) is 6.10 Å². The molecule has 1 unspecified atom stereocenters. The van der Waals surface area contributed by atoms with Crippen molar-refractivity contribution >= 4 is 5.97 Å². The van der Waals surface area contributed by atoms with E-state index in [2.05, 4.69) is 5.16 Å². The molecule has 4 aromatic rings. The minimum Gasteiger partial charge on any atom is -0.465 e. The van der Waals surface area contributed by atoms with Gasteiger partial charge in [-0.25, -0.2) is 0 Å². The molecule has 0 amide bonds. The van der Waals surface area contributed by atoms with Crippen LogP contribution < -0.4 is 0 Å². The van der Waals surface area contributed by atoms with Crippen LogP contribution >= 0.6 is 0 Å². The van der Waals surface area contributed by atoms with Crippen molar-refractivity contribution in [1.82, 2.24) is 5.16 Å². The summed E-state index contributed by atoms with van der Waals surface area (Å²) in [5.41, 5.74) is 3.65. The van der Waals surface area contributed by atoms with E-state index < -0.39 is 23.3 Å². The highest BCUT2D eigenvalue weighted by molar-refractivity contribution is 5.87. The van der Waals surface area contributed by atoms with Crippen molar-refractivity contribution in [1.29, 1.82) is 0 Å². The Balaban J connectivity index is 1.25. The van der Waals surface area contributed by atoms with Crippen LogP contribution in [0.4, 0.5) is 13.2 Å². The van der Waals surface area contributed by atoms with Crippen LogP contribution in [0.5, 0.6) is 0 Å². The van der Waals surface area contributed by atoms with Crippen LogP contribution in [0, 0.1) is 6.92 Å². The number of rotatable bonds is 10. The lowest BCUT2D eigenvalue weighted by molar-refractivity contribution is -0.146. The number of alkyl halides is 3. The highest BCUT2D eigenvalue weighted by Crippen LogP contribution is 2.49. The molecule has 0 spiro atoms. The molecule has 1 fully saturated rings. The molecular formula is C32H30F3NO5. The second-order valence-electron chi connectivity index (χ2n) is 10.2. The summed E-state index contributed by atoms with van der Waals surface area (Å²) in [6.07, 6.45) is -3.95. The first-order valence-electron chi connectivity index (χ1n) is 13.4. The highest BCUT2D eigenvalue weighted by Gasteiger charge is 2.52. The Labute approximate surface area is 235 Å². The second-order valence-corrected chi connectivity index (χ2v) is 10.2. The average molecular weight is 566 g/mol. The minimum absolute atomic E-state index is 0.0883. The van der Waals surface area contributed by atoms with Gasteiger partial charge < -0.3 is 19.1 Å². The number of aliphatic hydroxyl groups excluding tert-OH is 1. The zero-order valence-electron chi connectivity index (χ0n) is 22.7. The molecule has 1 aliphatic carbocycles. The quantitative estimate of drug-likeness (QED) is 0.205. The van der Waals surface area contributed by atoms with Gasteiger partial charge >= 0.3 is 12.1 Å². The van der Waals surface area contributed by atoms with Gasteiger partial charge in [0.15, 0.2) is 5.76 Å². The lowest BCUT2D eigenvalue weighted by Crippen LogP contribution is -2.23. The summed E-state index contributed by atoms with van der Waals surface area (Å²) in [5.74, 6) is 0.225. The lowest BCUT2D eigenvalue weighted by Gasteiger charge is -2.15. The van der Waals surface area contributed by atoms with Crippen LogP contribution in [-0.2, 0) is 32.5 Å². The molecule has 1 N–H and O–H groups in total. The molecule has 5 rings (SSSR count). The number of hydrogen-bond acceptors (Lipinski definition) is 6. The molecule has 3 aromatic carbocycles. The van der Waals surface area contributed by atoms with E-state index >= 15 is 0 Å². The van der Waals surface area contributed by atoms with E-state index in [1.54, 1.807) is 6.92 Å². The predicted molar refractivity (Wildman–Crippen MR) is 146 cm³/mol. The molecule has 1 saturated carbocycles. The summed E-state index contributed by atoms with van der Waals surface area (Å²) >= 11 is 0. The monoisotopic (exact) mass is 565 g/mol. The van der Waals surface area contributed by atoms with Crippen LogP contribution in [0.1, 0.15) is 53.8 Å². The van der Waals surface area contributed by atoms with E-state index in [1.807, 2.05) is 55.5 Å². The Kier molecular flexibility index (Phi) is 8.02. The van der Waals surface area contributed by atoms with Crippen molar-refractivity contribution in [2.45, 2.75) is 51.0 Å². The maximum Gasteiger partial charge on any atom is 0.416 e. The maximum absolute atomic E-state index is 13.0. The fraction of sp³-hybridized carbons (Fsp3) is 0.312. The molecule has 0 aliphatic heterocycles. The molecule has 9 heteroatoms. The summed E-state index contributed by atoms with van der Waals surface area (Å²) in [4.78, 5) is 12.4. The van der Waals surface area contributed by atoms with E-state index in [9.17, 15) is 23.1 Å². The van der Waals surface area contributed by atoms with Gasteiger partial charge in [0, 0.05) is 5.56 Å². The fourth-order valence-corrected chi connectivity index (χ4v) is 4.99. The third-order valence-corrected chi connectivity index (χ3v) is 7.37. The molecule has 41 heavy (non-hydrogen) atoms. The van der Waals surface area contributed by atoms with Crippen molar-refractivity contribution in [3.05, 3.63) is 101 Å². The molecule has 1 aromatic heterocycles. The van der Waals surface area contributed by atoms with Gasteiger partial charge in [-0.3, -0.25) is 4.79 Å². The highest BCUT2D eigenvalue weighted by atomic mass is 19.4. The summed E-state index contributed by atoms with van der Waals surface area (Å²) in [7, 11) is 0. The zero-order valence-corrected chi connectivity index (χ0v) is 22.7. The molecular weight excluding hydrogens is 535 g/mol. The first-order chi connectivity index (χ1) is 19.6. The maximum atomic E-state index is 13.0. The Morgan fingerprint density at radius 3 is 2.27 bits per heavy atom. The fourth-order valence-electron chi connectivity index (χ4n) is 4.99. The number of carbonyl (C=O) groups is 1. The van der Waals surface area contributed by atoms with E-state index in [-0.39, 0.29) is 19.2 Å². The van der Waals surface area contributed by atoms with Crippen molar-refractivity contribution in [2.24, 2.45) is 0 Å². The van der Waals surface area contributed by atoms with E-state index in [4.69, 9.17) is 14.0 Å². The Morgan fingerprint density at radius 2 is 1.66 bits per heavy atom. The molecule has 6 nitrogen and oxygen atoms in total. The Morgan fingerprint density at radius 1 is 1.02 bits per heavy atom. The Bertz CT molecular complexity index is 1510. The summed E-state index contributed by atoms with van der Waals surface area (Å²) < 4.78 is 55.3. The summed E-state index contributed by atoms with van der Waals surface area (Å²) in [6.45, 7) is 3.64. The summed E-state index contributed by atoms with van der Waals surface area (Å²) in [6, 6.07) is 20.4. The third-order valence-electron chi connectivity index (χ3n) is 7.37. The van der Waals surface area contributed by atoms with Crippen LogP contribution in [0.15, 0.2) is 77.3 Å². The van der Waals surface area contributed by atoms with Crippen molar-refractivity contribution in [3.63, 3.8) is 0 Å². The number of nitrogens with zero attached hydrogens (tertiary/aromatic N) is 1. The zero-order chi connectivity index (χ0) is 29.2. The number of carbonyl (C=O) groups excluding carboxylic acids is 1. The number of aromatic nitrogens is 1. The first kappa shape index (κ1) is 28.6. The van der Waals surface area contributed by atoms with Crippen LogP contribution in [0.3, 0.4) is 0 Å². The largest absolute Gasteiger partial charge is 0.465 e. The van der Waals surface area contributed by atoms with Crippen molar-refractivity contribution < 1.29 is 37.1 Å². The van der Waals surface area contributed by atoms with Crippen LogP contribution in [0.25, 0.3) is 22.5 Å². The smallest absolute Gasteiger partial charge is 0.416 e. The molecule has 1 heterocycles. The molecule has 0 bridgehead atoms. The van der Waals surface area contributed by atoms with Gasteiger partial charge in [-0.05, 0) is 61.1 Å². The number of esters is 1. The van der Waals surface area contributed by atoms with Gasteiger partial charge in [-0.2, -0.15) is 13.2 Å². The predicted octanol–water partition coefficient (Wildman–Crippen LogP) is 7.18. The van der Waals surface area contributed by atoms with Crippen molar-refractivity contribution in [3.8, 4) is 22.5 Å². The Hall–Kier alpha value is -3.95.